The zero-order valence-corrected chi connectivity index (χ0v) is 9.21. The number of benzene rings is 2. The van der Waals surface area contributed by atoms with Crippen molar-refractivity contribution >= 4 is 27.6 Å². The summed E-state index contributed by atoms with van der Waals surface area (Å²) in [7, 11) is 0. The molecule has 2 aromatic carbocycles. The van der Waals surface area contributed by atoms with Gasteiger partial charge in [-0.1, -0.05) is 36.4 Å². The summed E-state index contributed by atoms with van der Waals surface area (Å²) in [6, 6.07) is 12.1. The molecular weight excluding hydrogens is 208 g/mol. The van der Waals surface area contributed by atoms with Crippen LogP contribution in [0.4, 0.5) is 0 Å². The van der Waals surface area contributed by atoms with Gasteiger partial charge >= 0.3 is 0 Å². The first-order chi connectivity index (χ1) is 7.18. The summed E-state index contributed by atoms with van der Waals surface area (Å²) in [5, 5.41) is 1.96. The lowest BCUT2D eigenvalue weighted by molar-refractivity contribution is -0.111. The normalized spacial score (nSPS) is 10.5. The van der Waals surface area contributed by atoms with E-state index in [0.717, 1.165) is 21.9 Å². The predicted molar refractivity (Wildman–Crippen MR) is 63.2 cm³/mol. The summed E-state index contributed by atoms with van der Waals surface area (Å²) < 4.78 is 0. The Morgan fingerprint density at radius 3 is 2.67 bits per heavy atom. The van der Waals surface area contributed by atoms with Crippen LogP contribution in [0.5, 0.6) is 0 Å². The molecule has 0 spiro atoms. The fourth-order valence-electron chi connectivity index (χ4n) is 1.82. The van der Waals surface area contributed by atoms with Crippen molar-refractivity contribution in [2.24, 2.45) is 0 Å². The van der Waals surface area contributed by atoms with Gasteiger partial charge in [-0.25, -0.2) is 0 Å². The van der Waals surface area contributed by atoms with Crippen LogP contribution in [0.1, 0.15) is 11.1 Å². The van der Waals surface area contributed by atoms with Gasteiger partial charge in [0.15, 0.2) is 0 Å². The Hall–Kier alpha value is -1.34. The number of rotatable bonds is 2. The third-order valence-electron chi connectivity index (χ3n) is 2.59. The first-order valence-electron chi connectivity index (χ1n) is 4.84. The standard InChI is InChI=1S/C13H11ClO/c1-9-6-7-10-4-2-3-5-11(10)12(9)8-13(14)15/h2-7H,8H2,1H3. The maximum absolute atomic E-state index is 11.0. The third-order valence-corrected chi connectivity index (χ3v) is 2.72. The Bertz CT molecular complexity index is 517. The molecular formula is C13H11ClO. The van der Waals surface area contributed by atoms with Crippen LogP contribution in [-0.2, 0) is 11.2 Å². The van der Waals surface area contributed by atoms with Gasteiger partial charge in [-0.15, -0.1) is 0 Å². The number of halogens is 1. The van der Waals surface area contributed by atoms with E-state index in [2.05, 4.69) is 6.07 Å². The van der Waals surface area contributed by atoms with E-state index in [-0.39, 0.29) is 5.24 Å². The Kier molecular flexibility index (Phi) is 2.74. The Balaban J connectivity index is 2.68. The zero-order chi connectivity index (χ0) is 10.8. The van der Waals surface area contributed by atoms with Gasteiger partial charge < -0.3 is 0 Å². The van der Waals surface area contributed by atoms with Crippen molar-refractivity contribution in [2.75, 3.05) is 0 Å². The summed E-state index contributed by atoms with van der Waals surface area (Å²) >= 11 is 5.45. The van der Waals surface area contributed by atoms with Gasteiger partial charge in [0.25, 0.3) is 0 Å². The molecule has 2 aromatic rings. The van der Waals surface area contributed by atoms with Gasteiger partial charge in [0, 0.05) is 6.42 Å². The molecule has 2 rings (SSSR count). The van der Waals surface area contributed by atoms with Gasteiger partial charge in [0.1, 0.15) is 0 Å². The zero-order valence-electron chi connectivity index (χ0n) is 8.46. The molecule has 0 atom stereocenters. The van der Waals surface area contributed by atoms with Crippen LogP contribution in [0.25, 0.3) is 10.8 Å². The lowest BCUT2D eigenvalue weighted by Gasteiger charge is -2.07. The topological polar surface area (TPSA) is 17.1 Å². The van der Waals surface area contributed by atoms with E-state index in [1.807, 2.05) is 37.3 Å². The summed E-state index contributed by atoms with van der Waals surface area (Å²) in [5.74, 6) is 0. The lowest BCUT2D eigenvalue weighted by Crippen LogP contribution is -1.97. The molecule has 0 aliphatic rings. The minimum atomic E-state index is -0.311. The van der Waals surface area contributed by atoms with Gasteiger partial charge in [-0.2, -0.15) is 0 Å². The molecule has 2 heteroatoms. The van der Waals surface area contributed by atoms with Gasteiger partial charge in [0.05, 0.1) is 0 Å². The van der Waals surface area contributed by atoms with Crippen molar-refractivity contribution in [3.63, 3.8) is 0 Å². The molecule has 0 aliphatic heterocycles. The van der Waals surface area contributed by atoms with E-state index in [9.17, 15) is 4.79 Å². The van der Waals surface area contributed by atoms with Crippen LogP contribution in [0.2, 0.25) is 0 Å². The van der Waals surface area contributed by atoms with Crippen LogP contribution < -0.4 is 0 Å². The average Bonchev–Trinajstić information content (AvgIpc) is 2.22. The third kappa shape index (κ3) is 2.02. The molecule has 0 saturated heterocycles. The first-order valence-corrected chi connectivity index (χ1v) is 5.22. The van der Waals surface area contributed by atoms with E-state index in [0.29, 0.717) is 6.42 Å². The highest BCUT2D eigenvalue weighted by atomic mass is 35.5. The quantitative estimate of drug-likeness (QED) is 0.706. The molecule has 0 N–H and O–H groups in total. The van der Waals surface area contributed by atoms with E-state index in [4.69, 9.17) is 11.6 Å². The van der Waals surface area contributed by atoms with Crippen LogP contribution in [0, 0.1) is 6.92 Å². The minimum Gasteiger partial charge on any atom is -0.281 e. The van der Waals surface area contributed by atoms with Crippen molar-refractivity contribution in [3.8, 4) is 0 Å². The largest absolute Gasteiger partial charge is 0.281 e. The fraction of sp³-hybridized carbons (Fsp3) is 0.154. The highest BCUT2D eigenvalue weighted by Crippen LogP contribution is 2.22. The summed E-state index contributed by atoms with van der Waals surface area (Å²) in [4.78, 5) is 11.0. The second-order valence-corrected chi connectivity index (χ2v) is 4.04. The second-order valence-electron chi connectivity index (χ2n) is 3.61. The molecule has 15 heavy (non-hydrogen) atoms. The number of hydrogen-bond donors (Lipinski definition) is 0. The fourth-order valence-corrected chi connectivity index (χ4v) is 1.95. The molecule has 0 aromatic heterocycles. The molecule has 0 aliphatic carbocycles. The Labute approximate surface area is 93.7 Å². The van der Waals surface area contributed by atoms with Crippen molar-refractivity contribution in [1.29, 1.82) is 0 Å². The molecule has 0 unspecified atom stereocenters. The molecule has 0 heterocycles. The van der Waals surface area contributed by atoms with Crippen LogP contribution in [0.15, 0.2) is 36.4 Å². The van der Waals surface area contributed by atoms with E-state index in [1.165, 1.54) is 0 Å². The minimum absolute atomic E-state index is 0.300. The maximum atomic E-state index is 11.0. The summed E-state index contributed by atoms with van der Waals surface area (Å²) in [6.45, 7) is 2.00. The molecule has 1 nitrogen and oxygen atoms in total. The number of aryl methyl sites for hydroxylation is 1. The monoisotopic (exact) mass is 218 g/mol. The van der Waals surface area contributed by atoms with E-state index in [1.54, 1.807) is 0 Å². The molecule has 0 bridgehead atoms. The summed E-state index contributed by atoms with van der Waals surface area (Å²) in [6.07, 6.45) is 0.300. The number of carbonyl (C=O) groups is 1. The van der Waals surface area contributed by atoms with Crippen LogP contribution >= 0.6 is 11.6 Å². The second kappa shape index (κ2) is 4.03. The first kappa shape index (κ1) is 10.2. The smallest absolute Gasteiger partial charge is 0.226 e. The highest BCUT2D eigenvalue weighted by molar-refractivity contribution is 6.63. The maximum Gasteiger partial charge on any atom is 0.226 e. The Morgan fingerprint density at radius 1 is 1.20 bits per heavy atom. The molecule has 0 fully saturated rings. The number of fused-ring (bicyclic) bond motifs is 1. The van der Waals surface area contributed by atoms with Crippen LogP contribution in [-0.4, -0.2) is 5.24 Å². The highest BCUT2D eigenvalue weighted by Gasteiger charge is 2.07. The molecule has 0 saturated carbocycles. The van der Waals surface area contributed by atoms with Crippen molar-refractivity contribution in [2.45, 2.75) is 13.3 Å². The molecule has 0 radical (unpaired) electrons. The average molecular weight is 219 g/mol. The molecule has 0 amide bonds. The number of carbonyl (C=O) groups excluding carboxylic acids is 1. The predicted octanol–water partition coefficient (Wildman–Crippen LogP) is 3.46. The van der Waals surface area contributed by atoms with Gasteiger partial charge in [-0.05, 0) is 40.4 Å². The lowest BCUT2D eigenvalue weighted by atomic mass is 9.98. The van der Waals surface area contributed by atoms with E-state index < -0.39 is 0 Å². The SMILES string of the molecule is Cc1ccc2ccccc2c1CC(=O)Cl. The van der Waals surface area contributed by atoms with Crippen molar-refractivity contribution in [3.05, 3.63) is 47.5 Å². The number of hydrogen-bond acceptors (Lipinski definition) is 1. The van der Waals surface area contributed by atoms with Gasteiger partial charge in [-0.3, -0.25) is 4.79 Å². The molecule has 76 valence electrons. The Morgan fingerprint density at radius 2 is 1.93 bits per heavy atom. The van der Waals surface area contributed by atoms with Crippen molar-refractivity contribution < 1.29 is 4.79 Å². The van der Waals surface area contributed by atoms with Crippen molar-refractivity contribution in [1.82, 2.24) is 0 Å². The summed E-state index contributed by atoms with van der Waals surface area (Å²) in [5.41, 5.74) is 2.15. The van der Waals surface area contributed by atoms with E-state index >= 15 is 0 Å². The van der Waals surface area contributed by atoms with Crippen LogP contribution in [0.3, 0.4) is 0 Å². The van der Waals surface area contributed by atoms with Gasteiger partial charge in [0.2, 0.25) is 5.24 Å².